The minimum absolute atomic E-state index is 0.0653. The molecule has 0 radical (unpaired) electrons. The molecule has 94 valence electrons. The number of nitro groups is 1. The summed E-state index contributed by atoms with van der Waals surface area (Å²) in [7, 11) is 0. The maximum absolute atomic E-state index is 11.4. The Labute approximate surface area is 112 Å². The van der Waals surface area contributed by atoms with Gasteiger partial charge in [0.15, 0.2) is 0 Å². The summed E-state index contributed by atoms with van der Waals surface area (Å²) >= 11 is 1.42. The second kappa shape index (κ2) is 5.80. The second-order valence-corrected chi connectivity index (χ2v) is 4.32. The molecule has 0 amide bonds. The molecule has 0 bridgehead atoms. The summed E-state index contributed by atoms with van der Waals surface area (Å²) < 4.78 is 4.92. The number of esters is 1. The van der Waals surface area contributed by atoms with Crippen molar-refractivity contribution in [1.82, 2.24) is 0 Å². The summed E-state index contributed by atoms with van der Waals surface area (Å²) in [5.74, 6) is 4.51. The average molecular weight is 273 g/mol. The van der Waals surface area contributed by atoms with E-state index in [-0.39, 0.29) is 11.4 Å². The lowest BCUT2D eigenvalue weighted by atomic mass is 10.3. The molecule has 1 aromatic carbocycles. The Morgan fingerprint density at radius 2 is 2.00 bits per heavy atom. The lowest BCUT2D eigenvalue weighted by Gasteiger charge is -1.98. The van der Waals surface area contributed by atoms with E-state index in [1.807, 2.05) is 11.4 Å². The van der Waals surface area contributed by atoms with Crippen LogP contribution in [0.5, 0.6) is 5.75 Å². The van der Waals surface area contributed by atoms with Crippen molar-refractivity contribution < 1.29 is 14.5 Å². The van der Waals surface area contributed by atoms with E-state index < -0.39 is 10.9 Å². The molecule has 5 nitrogen and oxygen atoms in total. The van der Waals surface area contributed by atoms with Crippen LogP contribution in [0.1, 0.15) is 4.88 Å². The minimum Gasteiger partial charge on any atom is -0.417 e. The van der Waals surface area contributed by atoms with Gasteiger partial charge in [-0.15, -0.1) is 11.3 Å². The van der Waals surface area contributed by atoms with E-state index in [1.165, 1.54) is 35.6 Å². The van der Waals surface area contributed by atoms with E-state index in [0.717, 1.165) is 4.88 Å². The molecule has 0 atom stereocenters. The highest BCUT2D eigenvalue weighted by Crippen LogP contribution is 2.17. The topological polar surface area (TPSA) is 69.4 Å². The number of nitrogens with zero attached hydrogens (tertiary/aromatic N) is 1. The number of nitro benzene ring substituents is 1. The first-order chi connectivity index (χ1) is 9.15. The Bertz CT molecular complexity index is 650. The molecule has 0 aliphatic carbocycles. The van der Waals surface area contributed by atoms with Crippen molar-refractivity contribution in [3.05, 3.63) is 56.8 Å². The lowest BCUT2D eigenvalue weighted by Crippen LogP contribution is -2.04. The first kappa shape index (κ1) is 12.8. The molecule has 2 rings (SSSR count). The zero-order valence-corrected chi connectivity index (χ0v) is 10.3. The fraction of sp³-hybridized carbons (Fsp3) is 0. The van der Waals surface area contributed by atoms with Gasteiger partial charge >= 0.3 is 5.97 Å². The van der Waals surface area contributed by atoms with Gasteiger partial charge in [-0.2, -0.15) is 0 Å². The molecule has 0 fully saturated rings. The van der Waals surface area contributed by atoms with Crippen LogP contribution >= 0.6 is 11.3 Å². The molecule has 0 saturated heterocycles. The monoisotopic (exact) mass is 273 g/mol. The van der Waals surface area contributed by atoms with Crippen LogP contribution in [0.2, 0.25) is 0 Å². The van der Waals surface area contributed by atoms with Crippen molar-refractivity contribution in [2.24, 2.45) is 0 Å². The molecule has 19 heavy (non-hydrogen) atoms. The van der Waals surface area contributed by atoms with Crippen LogP contribution in [-0.4, -0.2) is 10.9 Å². The highest BCUT2D eigenvalue weighted by molar-refractivity contribution is 7.10. The molecule has 0 saturated carbocycles. The summed E-state index contributed by atoms with van der Waals surface area (Å²) in [6, 6.07) is 8.84. The first-order valence-electron chi connectivity index (χ1n) is 5.17. The van der Waals surface area contributed by atoms with Gasteiger partial charge in [0.25, 0.3) is 5.69 Å². The largest absolute Gasteiger partial charge is 0.417 e. The molecule has 0 spiro atoms. The lowest BCUT2D eigenvalue weighted by molar-refractivity contribution is -0.384. The van der Waals surface area contributed by atoms with Gasteiger partial charge < -0.3 is 4.74 Å². The number of non-ortho nitro benzene ring substituents is 1. The van der Waals surface area contributed by atoms with Crippen molar-refractivity contribution in [3.8, 4) is 17.6 Å². The third-order valence-electron chi connectivity index (χ3n) is 2.07. The van der Waals surface area contributed by atoms with Crippen LogP contribution in [0.3, 0.4) is 0 Å². The van der Waals surface area contributed by atoms with Crippen LogP contribution in [0.4, 0.5) is 5.69 Å². The van der Waals surface area contributed by atoms with Crippen LogP contribution in [-0.2, 0) is 4.79 Å². The van der Waals surface area contributed by atoms with Crippen LogP contribution in [0.15, 0.2) is 41.8 Å². The zero-order chi connectivity index (χ0) is 13.7. The number of carbonyl (C=O) groups excluding carboxylic acids is 1. The van der Waals surface area contributed by atoms with Crippen molar-refractivity contribution >= 4 is 23.0 Å². The zero-order valence-electron chi connectivity index (χ0n) is 9.53. The summed E-state index contributed by atoms with van der Waals surface area (Å²) in [4.78, 5) is 22.1. The van der Waals surface area contributed by atoms with Gasteiger partial charge in [0.1, 0.15) is 5.75 Å². The third-order valence-corrected chi connectivity index (χ3v) is 2.85. The van der Waals surface area contributed by atoms with E-state index in [9.17, 15) is 14.9 Å². The van der Waals surface area contributed by atoms with Crippen molar-refractivity contribution in [1.29, 1.82) is 0 Å². The molecule has 6 heteroatoms. The molecule has 0 unspecified atom stereocenters. The number of hydrogen-bond donors (Lipinski definition) is 0. The fourth-order valence-corrected chi connectivity index (χ4v) is 1.80. The Morgan fingerprint density at radius 1 is 1.26 bits per heavy atom. The average Bonchev–Trinajstić information content (AvgIpc) is 2.90. The SMILES string of the molecule is O=C(C#Cc1cccs1)Oc1ccc([N+](=O)[O-])cc1. The van der Waals surface area contributed by atoms with Crippen molar-refractivity contribution in [2.45, 2.75) is 0 Å². The predicted octanol–water partition coefficient (Wildman–Crippen LogP) is 2.61. The highest BCUT2D eigenvalue weighted by atomic mass is 32.1. The predicted molar refractivity (Wildman–Crippen MR) is 69.9 cm³/mol. The van der Waals surface area contributed by atoms with Gasteiger partial charge in [-0.1, -0.05) is 6.07 Å². The molecule has 0 aliphatic rings. The quantitative estimate of drug-likeness (QED) is 0.277. The smallest absolute Gasteiger partial charge is 0.390 e. The normalized spacial score (nSPS) is 9.26. The van der Waals surface area contributed by atoms with Gasteiger partial charge in [-0.05, 0) is 29.5 Å². The summed E-state index contributed by atoms with van der Waals surface area (Å²) in [5, 5.41) is 12.3. The van der Waals surface area contributed by atoms with E-state index >= 15 is 0 Å². The Morgan fingerprint density at radius 3 is 2.58 bits per heavy atom. The van der Waals surface area contributed by atoms with E-state index in [4.69, 9.17) is 4.74 Å². The Balaban J connectivity index is 2.01. The molecular formula is C13H7NO4S. The summed E-state index contributed by atoms with van der Waals surface area (Å²) in [5.41, 5.74) is -0.0653. The van der Waals surface area contributed by atoms with Crippen molar-refractivity contribution in [2.75, 3.05) is 0 Å². The van der Waals surface area contributed by atoms with Gasteiger partial charge in [0.2, 0.25) is 0 Å². The number of rotatable bonds is 2. The molecule has 0 aliphatic heterocycles. The van der Waals surface area contributed by atoms with Gasteiger partial charge in [-0.3, -0.25) is 10.1 Å². The van der Waals surface area contributed by atoms with E-state index in [0.29, 0.717) is 0 Å². The number of ether oxygens (including phenoxy) is 1. The van der Waals surface area contributed by atoms with Crippen LogP contribution in [0, 0.1) is 22.0 Å². The standard InChI is InChI=1S/C13H7NO4S/c15-13(8-7-12-2-1-9-19-12)18-11-5-3-10(4-6-11)14(16)17/h1-6,9H. The number of hydrogen-bond acceptors (Lipinski definition) is 5. The Kier molecular flexibility index (Phi) is 3.90. The maximum Gasteiger partial charge on any atom is 0.390 e. The minimum atomic E-state index is -0.706. The van der Waals surface area contributed by atoms with Crippen molar-refractivity contribution in [3.63, 3.8) is 0 Å². The summed E-state index contributed by atoms with van der Waals surface area (Å²) in [6.07, 6.45) is 0. The number of thiophene rings is 1. The van der Waals surface area contributed by atoms with Crippen LogP contribution in [0.25, 0.3) is 0 Å². The molecule has 1 aromatic heterocycles. The molecule has 0 N–H and O–H groups in total. The second-order valence-electron chi connectivity index (χ2n) is 3.37. The maximum atomic E-state index is 11.4. The van der Waals surface area contributed by atoms with E-state index in [2.05, 4.69) is 11.8 Å². The summed E-state index contributed by atoms with van der Waals surface area (Å²) in [6.45, 7) is 0. The van der Waals surface area contributed by atoms with Gasteiger partial charge in [0, 0.05) is 18.1 Å². The first-order valence-corrected chi connectivity index (χ1v) is 6.05. The number of carbonyl (C=O) groups is 1. The highest BCUT2D eigenvalue weighted by Gasteiger charge is 2.06. The molecule has 2 aromatic rings. The Hall–Kier alpha value is -2.65. The molecule has 1 heterocycles. The van der Waals surface area contributed by atoms with Gasteiger partial charge in [0.05, 0.1) is 9.80 Å². The van der Waals surface area contributed by atoms with Gasteiger partial charge in [-0.25, -0.2) is 4.79 Å². The fourth-order valence-electron chi connectivity index (χ4n) is 1.23. The van der Waals surface area contributed by atoms with E-state index in [1.54, 1.807) is 6.07 Å². The molecular weight excluding hydrogens is 266 g/mol. The third kappa shape index (κ3) is 3.66. The van der Waals surface area contributed by atoms with Crippen LogP contribution < -0.4 is 4.74 Å². The number of benzene rings is 1.